The SMILES string of the molecule is COc1cc2ccc(N3CCN(CCO)CC3)nc2cc1OC.Cl.Cl.O=[N+]([O-])[O-]. The van der Waals surface area contributed by atoms with Crippen LogP contribution in [0.2, 0.25) is 0 Å². The van der Waals surface area contributed by atoms with Crippen LogP contribution in [0.15, 0.2) is 24.3 Å². The second kappa shape index (κ2) is 13.0. The number of aliphatic hydroxyl groups excluding tert-OH is 1. The highest BCUT2D eigenvalue weighted by Gasteiger charge is 2.18. The second-order valence-corrected chi connectivity index (χ2v) is 5.85. The third kappa shape index (κ3) is 7.58. The molecule has 0 bridgehead atoms. The van der Waals surface area contributed by atoms with Crippen molar-refractivity contribution in [3.8, 4) is 11.5 Å². The Kier molecular flexibility index (Phi) is 12.0. The van der Waals surface area contributed by atoms with Gasteiger partial charge in [0.25, 0.3) is 0 Å². The van der Waals surface area contributed by atoms with Crippen molar-refractivity contribution in [1.82, 2.24) is 9.88 Å². The van der Waals surface area contributed by atoms with E-state index in [1.165, 1.54) is 0 Å². The second-order valence-electron chi connectivity index (χ2n) is 5.85. The van der Waals surface area contributed by atoms with E-state index >= 15 is 0 Å². The van der Waals surface area contributed by atoms with Gasteiger partial charge in [-0.1, -0.05) is 0 Å². The number of fused-ring (bicyclic) bond motifs is 1. The molecule has 0 aliphatic carbocycles. The number of ether oxygens (including phenoxy) is 2. The van der Waals surface area contributed by atoms with Gasteiger partial charge in [0.05, 0.1) is 31.4 Å². The number of methoxy groups -OCH3 is 2. The molecule has 1 aromatic heterocycles. The van der Waals surface area contributed by atoms with Crippen LogP contribution in [0.4, 0.5) is 5.82 Å². The van der Waals surface area contributed by atoms with Crippen LogP contribution in [0.5, 0.6) is 11.5 Å². The van der Waals surface area contributed by atoms with Gasteiger partial charge in [-0.3, -0.25) is 4.90 Å². The molecule has 164 valence electrons. The Morgan fingerprint density at radius 1 is 1.07 bits per heavy atom. The van der Waals surface area contributed by atoms with E-state index in [2.05, 4.69) is 21.9 Å². The summed E-state index contributed by atoms with van der Waals surface area (Å²) in [5.41, 5.74) is 0.901. The van der Waals surface area contributed by atoms with E-state index in [4.69, 9.17) is 34.9 Å². The molecule has 2 heterocycles. The molecule has 0 atom stereocenters. The molecule has 0 saturated carbocycles. The Morgan fingerprint density at radius 2 is 1.62 bits per heavy atom. The van der Waals surface area contributed by atoms with Gasteiger partial charge in [0.2, 0.25) is 0 Å². The summed E-state index contributed by atoms with van der Waals surface area (Å²) < 4.78 is 10.7. The third-order valence-corrected chi connectivity index (χ3v) is 4.29. The van der Waals surface area contributed by atoms with E-state index in [0.29, 0.717) is 11.5 Å². The lowest BCUT2D eigenvalue weighted by molar-refractivity contribution is -0.402. The number of halogens is 2. The highest BCUT2D eigenvalue weighted by Crippen LogP contribution is 2.32. The average Bonchev–Trinajstić information content (AvgIpc) is 2.67. The van der Waals surface area contributed by atoms with Crippen molar-refractivity contribution in [2.75, 3.05) is 58.5 Å². The summed E-state index contributed by atoms with van der Waals surface area (Å²) in [6.07, 6.45) is 0. The normalized spacial score (nSPS) is 13.4. The fourth-order valence-electron chi connectivity index (χ4n) is 2.96. The van der Waals surface area contributed by atoms with Gasteiger partial charge in [0.1, 0.15) is 5.82 Å². The number of aliphatic hydroxyl groups is 1. The minimum absolute atomic E-state index is 0. The molecular formula is C17H25Cl2N4O6-. The van der Waals surface area contributed by atoms with Crippen molar-refractivity contribution in [2.24, 2.45) is 0 Å². The molecule has 0 spiro atoms. The smallest absolute Gasteiger partial charge is 0.162 e. The van der Waals surface area contributed by atoms with Gasteiger partial charge in [0, 0.05) is 44.2 Å². The van der Waals surface area contributed by atoms with Gasteiger partial charge in [-0.25, -0.2) is 4.98 Å². The Balaban J connectivity index is 0.00000120. The Morgan fingerprint density at radius 3 is 2.14 bits per heavy atom. The van der Waals surface area contributed by atoms with E-state index in [-0.39, 0.29) is 31.4 Å². The van der Waals surface area contributed by atoms with Crippen molar-refractivity contribution in [1.29, 1.82) is 0 Å². The topological polar surface area (TPSA) is 124 Å². The number of rotatable bonds is 5. The summed E-state index contributed by atoms with van der Waals surface area (Å²) >= 11 is 0. The summed E-state index contributed by atoms with van der Waals surface area (Å²) in [7, 11) is 3.27. The van der Waals surface area contributed by atoms with Crippen molar-refractivity contribution >= 4 is 41.5 Å². The molecule has 1 aliphatic heterocycles. The van der Waals surface area contributed by atoms with E-state index in [9.17, 15) is 0 Å². The molecule has 1 saturated heterocycles. The number of hydrogen-bond donors (Lipinski definition) is 1. The zero-order valence-corrected chi connectivity index (χ0v) is 17.8. The van der Waals surface area contributed by atoms with Gasteiger partial charge < -0.3 is 34.8 Å². The number of hydrogen-bond acceptors (Lipinski definition) is 9. The van der Waals surface area contributed by atoms with E-state index in [0.717, 1.165) is 49.4 Å². The highest BCUT2D eigenvalue weighted by molar-refractivity contribution is 5.86. The number of nitrogens with zero attached hydrogens (tertiary/aromatic N) is 4. The highest BCUT2D eigenvalue weighted by atomic mass is 35.5. The predicted molar refractivity (Wildman–Crippen MR) is 115 cm³/mol. The lowest BCUT2D eigenvalue weighted by Crippen LogP contribution is -2.47. The van der Waals surface area contributed by atoms with Crippen molar-refractivity contribution in [2.45, 2.75) is 0 Å². The molecular weight excluding hydrogens is 427 g/mol. The van der Waals surface area contributed by atoms with E-state index in [1.807, 2.05) is 12.1 Å². The number of benzene rings is 1. The maximum atomic E-state index is 9.02. The zero-order chi connectivity index (χ0) is 19.8. The molecule has 3 rings (SSSR count). The Hall–Kier alpha value is -2.27. The minimum Gasteiger partial charge on any atom is -0.493 e. The molecule has 12 heteroatoms. The summed E-state index contributed by atoms with van der Waals surface area (Å²) in [4.78, 5) is 17.6. The largest absolute Gasteiger partial charge is 0.493 e. The number of pyridine rings is 1. The molecule has 10 nitrogen and oxygen atoms in total. The molecule has 0 radical (unpaired) electrons. The van der Waals surface area contributed by atoms with Gasteiger partial charge in [-0.2, -0.15) is 0 Å². The maximum absolute atomic E-state index is 9.02. The molecule has 0 amide bonds. The van der Waals surface area contributed by atoms with Crippen LogP contribution in [0, 0.1) is 15.3 Å². The van der Waals surface area contributed by atoms with Crippen LogP contribution >= 0.6 is 24.8 Å². The first-order valence-electron chi connectivity index (χ1n) is 8.41. The molecule has 1 N–H and O–H groups in total. The fraction of sp³-hybridized carbons (Fsp3) is 0.471. The summed E-state index contributed by atoms with van der Waals surface area (Å²) in [5, 5.41) is 24.8. The lowest BCUT2D eigenvalue weighted by atomic mass is 10.2. The molecule has 29 heavy (non-hydrogen) atoms. The molecule has 1 fully saturated rings. The van der Waals surface area contributed by atoms with Crippen LogP contribution in [0.1, 0.15) is 0 Å². The fourth-order valence-corrected chi connectivity index (χ4v) is 2.96. The van der Waals surface area contributed by atoms with Gasteiger partial charge in [-0.15, -0.1) is 24.8 Å². The standard InChI is InChI=1S/C17H23N3O3.2ClH.NO3/c1-22-15-11-13-3-4-17(18-14(13)12-16(15)23-2)20-7-5-19(6-8-20)9-10-21;;;2-1(3)4/h3-4,11-12,21H,5-10H2,1-2H3;2*1H;/q;;;-1. The van der Waals surface area contributed by atoms with Crippen molar-refractivity contribution < 1.29 is 19.7 Å². The Bertz CT molecular complexity index is 771. The number of anilines is 1. The van der Waals surface area contributed by atoms with Crippen LogP contribution in [0.25, 0.3) is 10.9 Å². The predicted octanol–water partition coefficient (Wildman–Crippen LogP) is 1.97. The average molecular weight is 452 g/mol. The van der Waals surface area contributed by atoms with E-state index < -0.39 is 5.09 Å². The summed E-state index contributed by atoms with van der Waals surface area (Å²) in [5.74, 6) is 2.39. The first-order valence-corrected chi connectivity index (χ1v) is 8.41. The van der Waals surface area contributed by atoms with Gasteiger partial charge in [0.15, 0.2) is 11.5 Å². The number of β-amino-alcohol motifs (C(OH)–C–C–N with tert-alkyl or cyclic N) is 1. The van der Waals surface area contributed by atoms with Crippen molar-refractivity contribution in [3.05, 3.63) is 39.6 Å². The quantitative estimate of drug-likeness (QED) is 0.536. The van der Waals surface area contributed by atoms with Crippen molar-refractivity contribution in [3.63, 3.8) is 0 Å². The third-order valence-electron chi connectivity index (χ3n) is 4.29. The van der Waals surface area contributed by atoms with Gasteiger partial charge in [-0.05, 0) is 18.2 Å². The van der Waals surface area contributed by atoms with Crippen LogP contribution < -0.4 is 14.4 Å². The monoisotopic (exact) mass is 451 g/mol. The van der Waals surface area contributed by atoms with Crippen LogP contribution in [0.3, 0.4) is 0 Å². The molecule has 2 aromatic rings. The summed E-state index contributed by atoms with van der Waals surface area (Å²) in [6.45, 7) is 4.71. The lowest BCUT2D eigenvalue weighted by Gasteiger charge is -2.35. The van der Waals surface area contributed by atoms with Crippen LogP contribution in [-0.2, 0) is 0 Å². The molecule has 0 unspecified atom stereocenters. The molecule has 1 aromatic carbocycles. The van der Waals surface area contributed by atoms with Gasteiger partial charge >= 0.3 is 0 Å². The minimum atomic E-state index is -1.75. The summed E-state index contributed by atoms with van der Waals surface area (Å²) in [6, 6.07) is 7.99. The molecule has 1 aliphatic rings. The first kappa shape index (κ1) is 26.7. The number of piperazine rings is 1. The zero-order valence-electron chi connectivity index (χ0n) is 16.1. The Labute approximate surface area is 181 Å². The number of aromatic nitrogens is 1. The maximum Gasteiger partial charge on any atom is 0.162 e. The van der Waals surface area contributed by atoms with E-state index in [1.54, 1.807) is 14.2 Å². The first-order chi connectivity index (χ1) is 13.0. The van der Waals surface area contributed by atoms with Crippen LogP contribution in [-0.4, -0.2) is 73.6 Å².